The molecule has 638 valence electrons. The number of fused-ring (bicyclic) bond motifs is 3. The van der Waals surface area contributed by atoms with E-state index < -0.39 is 224 Å². The van der Waals surface area contributed by atoms with Crippen molar-refractivity contribution in [1.29, 1.82) is 0 Å². The van der Waals surface area contributed by atoms with Gasteiger partial charge in [-0.25, -0.2) is 4.79 Å². The number of ether oxygens (including phenoxy) is 9. The highest BCUT2D eigenvalue weighted by Crippen LogP contribution is 2.41. The molecule has 112 heavy (non-hydrogen) atoms. The van der Waals surface area contributed by atoms with Gasteiger partial charge in [0.1, 0.15) is 24.4 Å². The van der Waals surface area contributed by atoms with Crippen molar-refractivity contribution in [3.8, 4) is 0 Å². The van der Waals surface area contributed by atoms with Crippen LogP contribution in [-0.4, -0.2) is 276 Å². The van der Waals surface area contributed by atoms with Gasteiger partial charge in [0.15, 0.2) is 36.5 Å². The van der Waals surface area contributed by atoms with Crippen LogP contribution in [0.3, 0.4) is 0 Å². The molecular formula is C82H130O30. The number of aliphatic hydroxyl groups excluding tert-OH is 14. The lowest BCUT2D eigenvalue weighted by molar-refractivity contribution is -0.336. The van der Waals surface area contributed by atoms with E-state index in [1.807, 2.05) is 6.92 Å². The molecule has 5 unspecified atom stereocenters. The van der Waals surface area contributed by atoms with Crippen LogP contribution in [0.4, 0.5) is 0 Å². The van der Waals surface area contributed by atoms with E-state index in [0.717, 1.165) is 6.08 Å². The van der Waals surface area contributed by atoms with Gasteiger partial charge in [-0.15, -0.1) is 0 Å². The third-order valence-corrected chi connectivity index (χ3v) is 23.6. The molecule has 30 heteroatoms. The van der Waals surface area contributed by atoms with Gasteiger partial charge in [0.2, 0.25) is 5.78 Å². The van der Waals surface area contributed by atoms with Crippen molar-refractivity contribution in [1.82, 2.24) is 0 Å². The third kappa shape index (κ3) is 25.7. The van der Waals surface area contributed by atoms with Crippen LogP contribution < -0.4 is 0 Å². The van der Waals surface area contributed by atoms with Crippen molar-refractivity contribution in [3.63, 3.8) is 0 Å². The van der Waals surface area contributed by atoms with Crippen molar-refractivity contribution < 1.29 is 148 Å². The standard InChI is InChI=1S/C82H130O30/c1-13-65(107-69-39-81(12,102)79(49(11)106-69)110-68-38-63(92)76(48(10)105-68)111-80(101)46(8)75(109-67-30-29-61(90)47(9)104-67)50-25-28-59-60(32-50)62(91)31-42(4)70(59)95)43(5)72(97)44(6)73(98)45(7)74-41(3)24-27-52(84)18-15-20-55(87)34-56(88)35-57(89)36-58-37-64(93)77(99)82(103,112-58)78(100)71(96)40(2)23-26-51(83)17-14-19-53(85)33-54(86)21-16-22-66(94)108-74/h16,22,24-25,27-28,31-32,40-41,43-49,51-58,61,63-65,67-69,71-77,79,83-90,92-93,96-99,102-103H,13-15,17-21,23,26,29-30,33-39H2,1-12H3/t40?,41-,43-,44+,45-,46-,47-,48-,49-,51?,52?,53?,54?,55-,56-,57+,58+,61-,63-,64-,65-,67-,68-,69-,71+,72+,73+,74-,75+,76+,77+,79+,81+,82+/m0/s1. The first-order valence-electron chi connectivity index (χ1n) is 40.3. The Bertz CT molecular complexity index is 3240. The minimum atomic E-state index is -3.07. The summed E-state index contributed by atoms with van der Waals surface area (Å²) in [6, 6.07) is 4.63. The predicted octanol–water partition coefficient (Wildman–Crippen LogP) is 3.73. The molecular weight excluding hydrogens is 1460 g/mol. The summed E-state index contributed by atoms with van der Waals surface area (Å²) in [5.41, 5.74) is -0.607. The summed E-state index contributed by atoms with van der Waals surface area (Å²) in [7, 11) is 0. The fourth-order valence-electron chi connectivity index (χ4n) is 16.4. The molecule has 0 aromatic heterocycles. The molecule has 0 spiro atoms. The Balaban J connectivity index is 0.954. The molecule has 30 nitrogen and oxygen atoms in total. The largest absolute Gasteiger partial charge is 0.458 e. The number of aliphatic hydroxyl groups is 16. The highest BCUT2D eigenvalue weighted by atomic mass is 16.7. The Morgan fingerprint density at radius 1 is 0.625 bits per heavy atom. The number of benzene rings is 1. The van der Waals surface area contributed by atoms with E-state index in [1.54, 1.807) is 81.4 Å². The summed E-state index contributed by atoms with van der Waals surface area (Å²) in [5, 5.41) is 179. The van der Waals surface area contributed by atoms with E-state index in [-0.39, 0.29) is 119 Å². The van der Waals surface area contributed by atoms with Crippen LogP contribution in [0.2, 0.25) is 0 Å². The number of ketones is 3. The summed E-state index contributed by atoms with van der Waals surface area (Å²) < 4.78 is 55.5. The van der Waals surface area contributed by atoms with Crippen LogP contribution in [0.15, 0.2) is 54.2 Å². The van der Waals surface area contributed by atoms with Gasteiger partial charge >= 0.3 is 11.9 Å². The number of esters is 2. The number of rotatable bonds is 17. The Hall–Kier alpha value is -4.53. The van der Waals surface area contributed by atoms with Crippen LogP contribution in [-0.2, 0) is 57.0 Å². The topological polar surface area (TPSA) is 492 Å². The first kappa shape index (κ1) is 94.6. The van der Waals surface area contributed by atoms with Crippen LogP contribution in [0.5, 0.6) is 0 Å². The van der Waals surface area contributed by atoms with Gasteiger partial charge in [-0.05, 0) is 168 Å². The zero-order valence-corrected chi connectivity index (χ0v) is 66.9. The molecule has 4 fully saturated rings. The maximum absolute atomic E-state index is 14.2. The minimum Gasteiger partial charge on any atom is -0.458 e. The molecule has 4 saturated heterocycles. The van der Waals surface area contributed by atoms with Gasteiger partial charge in [-0.2, -0.15) is 0 Å². The van der Waals surface area contributed by atoms with Crippen molar-refractivity contribution >= 4 is 29.3 Å². The first-order chi connectivity index (χ1) is 52.5. The second-order valence-corrected chi connectivity index (χ2v) is 33.2. The van der Waals surface area contributed by atoms with Crippen molar-refractivity contribution in [2.45, 2.75) is 376 Å². The second-order valence-electron chi connectivity index (χ2n) is 33.2. The van der Waals surface area contributed by atoms with Gasteiger partial charge in [0.25, 0.3) is 5.79 Å². The SMILES string of the molecule is CC[C@H](O[C@H]1C[C@@](C)(O)[C@H](O[C@H]2C[C@H](O)[C@H](OC(=O)[C@@H](C)[C@@H](O[C@H]3CC[C@H](O)[C@H](C)O3)c3ccc4c(c3)C(=O)C=C(C)C4=O)[C@H](C)O2)[C@H](C)O1)[C@H](C)[C@@H](O)[C@@H](C)[C@@H](O)[C@H](C)[C@H]1OC(=O)C=CCC(O)CC(O)CCCC(O)CCC(C)[C@@H](O)C(=O)[C@]2(O)O[C@H](C[C@H](O)C[C@@H](O)C[C@@H](O)CCCC(O)C=C[C@@H]1C)C[C@H](O)[C@H]2O. The van der Waals surface area contributed by atoms with Gasteiger partial charge in [-0.1, -0.05) is 65.8 Å². The van der Waals surface area contributed by atoms with Crippen molar-refractivity contribution in [2.75, 3.05) is 0 Å². The summed E-state index contributed by atoms with van der Waals surface area (Å²) >= 11 is 0. The zero-order valence-electron chi connectivity index (χ0n) is 66.9. The van der Waals surface area contributed by atoms with E-state index in [4.69, 9.17) is 42.6 Å². The average molecular weight is 1600 g/mol. The molecule has 1 aromatic rings. The Labute approximate surface area is 657 Å². The zero-order chi connectivity index (χ0) is 83.1. The number of allylic oxidation sites excluding steroid dienone is 2. The molecule has 0 amide bonds. The fraction of sp³-hybridized carbons (Fsp3) is 0.793. The predicted molar refractivity (Wildman–Crippen MR) is 401 cm³/mol. The summed E-state index contributed by atoms with van der Waals surface area (Å²) in [4.78, 5) is 67.6. The minimum absolute atomic E-state index is 0.0675. The molecule has 1 aromatic carbocycles. The summed E-state index contributed by atoms with van der Waals surface area (Å²) in [6.45, 7) is 19.7. The monoisotopic (exact) mass is 1590 g/mol. The Morgan fingerprint density at radius 3 is 1.90 bits per heavy atom. The van der Waals surface area contributed by atoms with Crippen LogP contribution in [0, 0.1) is 35.5 Å². The molecule has 7 rings (SSSR count). The molecule has 5 heterocycles. The van der Waals surface area contributed by atoms with Crippen molar-refractivity contribution in [2.24, 2.45) is 35.5 Å². The second kappa shape index (κ2) is 42.7. The summed E-state index contributed by atoms with van der Waals surface area (Å²) in [6.07, 6.45) is -22.5. The van der Waals surface area contributed by atoms with Crippen LogP contribution >= 0.6 is 0 Å². The quantitative estimate of drug-likeness (QED) is 0.0780. The van der Waals surface area contributed by atoms with Gasteiger partial charge in [0.05, 0.1) is 121 Å². The van der Waals surface area contributed by atoms with E-state index in [2.05, 4.69) is 0 Å². The molecule has 0 saturated carbocycles. The molecule has 0 radical (unpaired) electrons. The number of carbonyl (C=O) groups excluding carboxylic acids is 5. The Morgan fingerprint density at radius 2 is 1.25 bits per heavy atom. The smallest absolute Gasteiger partial charge is 0.330 e. The number of hydrogen-bond acceptors (Lipinski definition) is 30. The number of cyclic esters (lactones) is 1. The maximum Gasteiger partial charge on any atom is 0.330 e. The number of hydrogen-bond donors (Lipinski definition) is 16. The lowest BCUT2D eigenvalue weighted by atomic mass is 9.78. The molecule has 16 N–H and O–H groups in total. The molecule has 5 aliphatic heterocycles. The maximum atomic E-state index is 14.2. The van der Waals surface area contributed by atoms with Gasteiger partial charge in [-0.3, -0.25) is 19.2 Å². The third-order valence-electron chi connectivity index (χ3n) is 23.6. The van der Waals surface area contributed by atoms with Crippen LogP contribution in [0.25, 0.3) is 0 Å². The highest BCUT2D eigenvalue weighted by molar-refractivity contribution is 6.24. The fourth-order valence-corrected chi connectivity index (χ4v) is 16.4. The van der Waals surface area contributed by atoms with E-state index >= 15 is 0 Å². The molecule has 1 aliphatic carbocycles. The Kier molecular flexibility index (Phi) is 36.1. The normalized spacial score (nSPS) is 39.8. The highest BCUT2D eigenvalue weighted by Gasteiger charge is 2.56. The van der Waals surface area contributed by atoms with Gasteiger partial charge in [0, 0.05) is 72.1 Å². The van der Waals surface area contributed by atoms with E-state index in [9.17, 15) is 106 Å². The van der Waals surface area contributed by atoms with E-state index in [1.165, 1.54) is 37.3 Å². The van der Waals surface area contributed by atoms with Crippen molar-refractivity contribution in [3.05, 3.63) is 70.8 Å². The summed E-state index contributed by atoms with van der Waals surface area (Å²) in [5.74, 6) is -11.9. The lowest BCUT2D eigenvalue weighted by Gasteiger charge is -2.47. The molecule has 2 bridgehead atoms. The lowest BCUT2D eigenvalue weighted by Crippen LogP contribution is -2.65. The van der Waals surface area contributed by atoms with Gasteiger partial charge < -0.3 is 124 Å². The molecule has 34 atom stereocenters. The first-order valence-corrected chi connectivity index (χ1v) is 40.3. The average Bonchev–Trinajstić information content (AvgIpc) is 0.804. The van der Waals surface area contributed by atoms with Crippen LogP contribution in [0.1, 0.15) is 237 Å². The molecule has 6 aliphatic rings. The number of Topliss-reactive ketones (excluding diaryl/α,β-unsaturated/α-hetero) is 2. The van der Waals surface area contributed by atoms with E-state index in [0.29, 0.717) is 36.8 Å². The number of carbonyl (C=O) groups is 5.